The average molecular weight is 208 g/mol. The van der Waals surface area contributed by atoms with Gasteiger partial charge >= 0.3 is 0 Å². The maximum atomic E-state index is 5.60. The van der Waals surface area contributed by atoms with Crippen LogP contribution in [0.1, 0.15) is 18.6 Å². The summed E-state index contributed by atoms with van der Waals surface area (Å²) in [6.07, 6.45) is 0.0782. The van der Waals surface area contributed by atoms with E-state index in [2.05, 4.69) is 0 Å². The summed E-state index contributed by atoms with van der Waals surface area (Å²) in [6, 6.07) is 8.00. The van der Waals surface area contributed by atoms with Gasteiger partial charge in [0, 0.05) is 0 Å². The molecule has 0 N–H and O–H groups in total. The third-order valence-electron chi connectivity index (χ3n) is 2.38. The monoisotopic (exact) mass is 208 g/mol. The average Bonchev–Trinajstić information content (AvgIpc) is 2.32. The molecule has 1 aromatic carbocycles. The predicted molar refractivity (Wildman–Crippen MR) is 57.1 cm³/mol. The van der Waals surface area contributed by atoms with E-state index in [4.69, 9.17) is 14.2 Å². The Kier molecular flexibility index (Phi) is 3.59. The van der Waals surface area contributed by atoms with Gasteiger partial charge in [-0.3, -0.25) is 0 Å². The molecule has 1 saturated heterocycles. The van der Waals surface area contributed by atoms with Crippen LogP contribution in [0.3, 0.4) is 0 Å². The van der Waals surface area contributed by atoms with E-state index in [-0.39, 0.29) is 6.10 Å². The molecule has 0 bridgehead atoms. The molecule has 1 heterocycles. The molecule has 1 atom stereocenters. The van der Waals surface area contributed by atoms with Crippen molar-refractivity contribution in [3.63, 3.8) is 0 Å². The fourth-order valence-electron chi connectivity index (χ4n) is 1.63. The molecule has 1 unspecified atom stereocenters. The van der Waals surface area contributed by atoms with Gasteiger partial charge in [-0.25, -0.2) is 0 Å². The largest absolute Gasteiger partial charge is 0.494 e. The highest BCUT2D eigenvalue weighted by Gasteiger charge is 2.16. The highest BCUT2D eigenvalue weighted by Crippen LogP contribution is 2.22. The summed E-state index contributed by atoms with van der Waals surface area (Å²) >= 11 is 0. The van der Waals surface area contributed by atoms with E-state index in [1.165, 1.54) is 0 Å². The van der Waals surface area contributed by atoms with Crippen molar-refractivity contribution in [1.82, 2.24) is 0 Å². The second-order valence-corrected chi connectivity index (χ2v) is 3.44. The Labute approximate surface area is 90.0 Å². The van der Waals surface area contributed by atoms with E-state index in [0.29, 0.717) is 26.4 Å². The first-order valence-corrected chi connectivity index (χ1v) is 5.32. The lowest BCUT2D eigenvalue weighted by molar-refractivity contribution is -0.0901. The van der Waals surface area contributed by atoms with Crippen molar-refractivity contribution in [2.75, 3.05) is 26.4 Å². The summed E-state index contributed by atoms with van der Waals surface area (Å²) in [5.41, 5.74) is 1.15. The van der Waals surface area contributed by atoms with Gasteiger partial charge in [0.15, 0.2) is 0 Å². The first-order chi connectivity index (χ1) is 7.40. The molecule has 2 rings (SSSR count). The van der Waals surface area contributed by atoms with E-state index in [0.717, 1.165) is 11.3 Å². The van der Waals surface area contributed by atoms with E-state index in [1.54, 1.807) is 0 Å². The number of hydrogen-bond donors (Lipinski definition) is 0. The molecule has 1 aromatic rings. The van der Waals surface area contributed by atoms with E-state index < -0.39 is 0 Å². The third kappa shape index (κ3) is 2.70. The Morgan fingerprint density at radius 2 is 2.07 bits per heavy atom. The first-order valence-electron chi connectivity index (χ1n) is 5.32. The first kappa shape index (κ1) is 10.5. The zero-order chi connectivity index (χ0) is 10.5. The predicted octanol–water partition coefficient (Wildman–Crippen LogP) is 2.17. The van der Waals surface area contributed by atoms with Crippen molar-refractivity contribution in [2.45, 2.75) is 13.0 Å². The number of hydrogen-bond acceptors (Lipinski definition) is 3. The fourth-order valence-corrected chi connectivity index (χ4v) is 1.63. The summed E-state index contributed by atoms with van der Waals surface area (Å²) in [7, 11) is 0. The molecule has 0 radical (unpaired) electrons. The van der Waals surface area contributed by atoms with Crippen LogP contribution >= 0.6 is 0 Å². The van der Waals surface area contributed by atoms with Gasteiger partial charge < -0.3 is 14.2 Å². The van der Waals surface area contributed by atoms with Gasteiger partial charge in [0.05, 0.1) is 26.4 Å². The molecule has 0 spiro atoms. The molecule has 0 aliphatic carbocycles. The lowest BCUT2D eigenvalue weighted by Gasteiger charge is -2.23. The minimum atomic E-state index is 0.0782. The highest BCUT2D eigenvalue weighted by atomic mass is 16.6. The topological polar surface area (TPSA) is 27.7 Å². The van der Waals surface area contributed by atoms with Crippen molar-refractivity contribution >= 4 is 0 Å². The van der Waals surface area contributed by atoms with Gasteiger partial charge in [0.25, 0.3) is 0 Å². The second kappa shape index (κ2) is 5.14. The molecule has 1 fully saturated rings. The van der Waals surface area contributed by atoms with Gasteiger partial charge in [-0.1, -0.05) is 12.1 Å². The number of rotatable bonds is 3. The van der Waals surface area contributed by atoms with Crippen LogP contribution in [-0.2, 0) is 9.47 Å². The standard InChI is InChI=1S/C12H16O3/c1-2-14-11-5-3-10(4-6-11)12-9-13-7-8-15-12/h3-6,12H,2,7-9H2,1H3. The summed E-state index contributed by atoms with van der Waals surface area (Å²) in [4.78, 5) is 0. The zero-order valence-electron chi connectivity index (χ0n) is 8.94. The Bertz CT molecular complexity index is 288. The van der Waals surface area contributed by atoms with Gasteiger partial charge in [0.2, 0.25) is 0 Å². The molecule has 1 aliphatic heterocycles. The molecule has 15 heavy (non-hydrogen) atoms. The van der Waals surface area contributed by atoms with Crippen LogP contribution in [-0.4, -0.2) is 26.4 Å². The lowest BCUT2D eigenvalue weighted by atomic mass is 10.1. The van der Waals surface area contributed by atoms with Crippen LogP contribution in [0, 0.1) is 0 Å². The minimum absolute atomic E-state index is 0.0782. The maximum absolute atomic E-state index is 5.60. The summed E-state index contributed by atoms with van der Waals surface area (Å²) in [5.74, 6) is 0.901. The quantitative estimate of drug-likeness (QED) is 0.762. The van der Waals surface area contributed by atoms with Crippen LogP contribution in [0.5, 0.6) is 5.75 Å². The molecule has 0 aromatic heterocycles. The van der Waals surface area contributed by atoms with Gasteiger partial charge in [0.1, 0.15) is 11.9 Å². The molecule has 3 heteroatoms. The van der Waals surface area contributed by atoms with E-state index in [1.807, 2.05) is 31.2 Å². The summed E-state index contributed by atoms with van der Waals surface area (Å²) < 4.78 is 16.3. The number of ether oxygens (including phenoxy) is 3. The Balaban J connectivity index is 2.02. The van der Waals surface area contributed by atoms with E-state index >= 15 is 0 Å². The van der Waals surface area contributed by atoms with Crippen LogP contribution in [0.2, 0.25) is 0 Å². The molecule has 0 saturated carbocycles. The highest BCUT2D eigenvalue weighted by molar-refractivity contribution is 5.28. The zero-order valence-corrected chi connectivity index (χ0v) is 8.94. The third-order valence-corrected chi connectivity index (χ3v) is 2.38. The lowest BCUT2D eigenvalue weighted by Crippen LogP contribution is -2.21. The molecule has 1 aliphatic rings. The molecule has 82 valence electrons. The van der Waals surface area contributed by atoms with Crippen molar-refractivity contribution in [1.29, 1.82) is 0 Å². The Morgan fingerprint density at radius 1 is 1.27 bits per heavy atom. The van der Waals surface area contributed by atoms with Crippen molar-refractivity contribution in [3.8, 4) is 5.75 Å². The normalized spacial score (nSPS) is 21.3. The molecule has 3 nitrogen and oxygen atoms in total. The SMILES string of the molecule is CCOc1ccc(C2COCCO2)cc1. The Morgan fingerprint density at radius 3 is 2.67 bits per heavy atom. The van der Waals surface area contributed by atoms with Crippen molar-refractivity contribution in [2.24, 2.45) is 0 Å². The van der Waals surface area contributed by atoms with Crippen LogP contribution < -0.4 is 4.74 Å². The van der Waals surface area contributed by atoms with Crippen molar-refractivity contribution in [3.05, 3.63) is 29.8 Å². The maximum Gasteiger partial charge on any atom is 0.119 e. The van der Waals surface area contributed by atoms with E-state index in [9.17, 15) is 0 Å². The van der Waals surface area contributed by atoms with Crippen LogP contribution in [0.15, 0.2) is 24.3 Å². The molecule has 0 amide bonds. The van der Waals surface area contributed by atoms with Crippen LogP contribution in [0.25, 0.3) is 0 Å². The summed E-state index contributed by atoms with van der Waals surface area (Å²) in [5, 5.41) is 0. The summed E-state index contributed by atoms with van der Waals surface area (Å²) in [6.45, 7) is 4.70. The Hall–Kier alpha value is -1.06. The fraction of sp³-hybridized carbons (Fsp3) is 0.500. The number of benzene rings is 1. The second-order valence-electron chi connectivity index (χ2n) is 3.44. The molecular formula is C12H16O3. The van der Waals surface area contributed by atoms with Gasteiger partial charge in [-0.15, -0.1) is 0 Å². The molecular weight excluding hydrogens is 192 g/mol. The van der Waals surface area contributed by atoms with Crippen LogP contribution in [0.4, 0.5) is 0 Å². The smallest absolute Gasteiger partial charge is 0.119 e. The van der Waals surface area contributed by atoms with Gasteiger partial charge in [-0.05, 0) is 24.6 Å². The minimum Gasteiger partial charge on any atom is -0.494 e. The van der Waals surface area contributed by atoms with Crippen molar-refractivity contribution < 1.29 is 14.2 Å². The van der Waals surface area contributed by atoms with Gasteiger partial charge in [-0.2, -0.15) is 0 Å².